The Labute approximate surface area is 218 Å². The molecule has 0 bridgehead atoms. The van der Waals surface area contributed by atoms with Gasteiger partial charge in [-0.2, -0.15) is 4.31 Å². The molecule has 190 valence electrons. The fourth-order valence-corrected chi connectivity index (χ4v) is 6.32. The molecule has 1 heterocycles. The Hall–Kier alpha value is -2.81. The molecule has 0 atom stereocenters. The van der Waals surface area contributed by atoms with E-state index < -0.39 is 10.0 Å². The first kappa shape index (κ1) is 26.3. The highest BCUT2D eigenvalue weighted by Crippen LogP contribution is 2.24. The van der Waals surface area contributed by atoms with E-state index in [0.29, 0.717) is 30.9 Å². The summed E-state index contributed by atoms with van der Waals surface area (Å²) in [5, 5.41) is 2.86. The van der Waals surface area contributed by atoms with Crippen molar-refractivity contribution in [2.75, 3.05) is 26.2 Å². The number of sulfonamides is 1. The number of amides is 1. The minimum atomic E-state index is -3.45. The van der Waals surface area contributed by atoms with Gasteiger partial charge in [0.2, 0.25) is 10.0 Å². The fourth-order valence-electron chi connectivity index (χ4n) is 3.95. The van der Waals surface area contributed by atoms with Crippen LogP contribution in [0.3, 0.4) is 0 Å². The summed E-state index contributed by atoms with van der Waals surface area (Å²) in [6, 6.07) is 22.6. The molecule has 1 aliphatic rings. The standard InChI is InChI=1S/C28H32N2O4S2/c1-22-5-13-26(14-6-22)35-21-23-7-9-24(10-8-23)28(31)29-17-20-34-25-11-15-27(16-12-25)36(32,33)30-18-3-2-4-19-30/h5-16H,2-4,17-21H2,1H3,(H,29,31). The van der Waals surface area contributed by atoms with E-state index in [0.717, 1.165) is 30.6 Å². The molecule has 8 heteroatoms. The smallest absolute Gasteiger partial charge is 0.251 e. The van der Waals surface area contributed by atoms with Gasteiger partial charge in [0.1, 0.15) is 12.4 Å². The lowest BCUT2D eigenvalue weighted by molar-refractivity contribution is 0.0947. The molecule has 0 saturated carbocycles. The van der Waals surface area contributed by atoms with E-state index in [1.165, 1.54) is 10.5 Å². The first-order chi connectivity index (χ1) is 17.4. The van der Waals surface area contributed by atoms with Crippen LogP contribution >= 0.6 is 11.8 Å². The van der Waals surface area contributed by atoms with E-state index in [4.69, 9.17) is 4.74 Å². The van der Waals surface area contributed by atoms with Gasteiger partial charge in [-0.3, -0.25) is 4.79 Å². The highest BCUT2D eigenvalue weighted by atomic mass is 32.2. The molecule has 0 radical (unpaired) electrons. The summed E-state index contributed by atoms with van der Waals surface area (Å²) in [5.74, 6) is 1.26. The molecule has 3 aromatic carbocycles. The number of aryl methyl sites for hydroxylation is 1. The molecular weight excluding hydrogens is 492 g/mol. The predicted octanol–water partition coefficient (Wildman–Crippen LogP) is 5.27. The Morgan fingerprint density at radius 2 is 1.58 bits per heavy atom. The first-order valence-corrected chi connectivity index (χ1v) is 14.6. The van der Waals surface area contributed by atoms with Crippen LogP contribution in [0.2, 0.25) is 0 Å². The van der Waals surface area contributed by atoms with Gasteiger partial charge in [-0.1, -0.05) is 36.2 Å². The number of nitrogens with zero attached hydrogens (tertiary/aromatic N) is 1. The molecule has 3 aromatic rings. The number of benzene rings is 3. The Morgan fingerprint density at radius 1 is 0.917 bits per heavy atom. The molecule has 0 aliphatic carbocycles. The van der Waals surface area contributed by atoms with E-state index in [9.17, 15) is 13.2 Å². The van der Waals surface area contributed by atoms with Gasteiger partial charge in [0.15, 0.2) is 0 Å². The normalized spacial score (nSPS) is 14.4. The van der Waals surface area contributed by atoms with E-state index in [-0.39, 0.29) is 17.4 Å². The maximum atomic E-state index is 12.7. The average Bonchev–Trinajstić information content (AvgIpc) is 2.92. The zero-order valence-electron chi connectivity index (χ0n) is 20.5. The van der Waals surface area contributed by atoms with Crippen LogP contribution in [-0.4, -0.2) is 44.9 Å². The molecule has 36 heavy (non-hydrogen) atoms. The van der Waals surface area contributed by atoms with Gasteiger partial charge in [0.25, 0.3) is 5.91 Å². The number of carbonyl (C=O) groups is 1. The molecule has 4 rings (SSSR count). The average molecular weight is 525 g/mol. The van der Waals surface area contributed by atoms with Crippen LogP contribution in [0, 0.1) is 6.92 Å². The highest BCUT2D eigenvalue weighted by molar-refractivity contribution is 7.98. The van der Waals surface area contributed by atoms with Gasteiger partial charge in [-0.05, 0) is 73.9 Å². The number of piperidine rings is 1. The van der Waals surface area contributed by atoms with Crippen molar-refractivity contribution < 1.29 is 17.9 Å². The Morgan fingerprint density at radius 3 is 2.25 bits per heavy atom. The Kier molecular flexibility index (Phi) is 9.07. The van der Waals surface area contributed by atoms with Gasteiger partial charge in [0, 0.05) is 29.3 Å². The Bertz CT molecular complexity index is 1240. The van der Waals surface area contributed by atoms with Crippen molar-refractivity contribution in [3.05, 3.63) is 89.5 Å². The number of nitrogens with one attached hydrogen (secondary N) is 1. The third kappa shape index (κ3) is 7.12. The monoisotopic (exact) mass is 524 g/mol. The summed E-state index contributed by atoms with van der Waals surface area (Å²) in [6.07, 6.45) is 2.89. The van der Waals surface area contributed by atoms with Gasteiger partial charge < -0.3 is 10.1 Å². The first-order valence-electron chi connectivity index (χ1n) is 12.2. The highest BCUT2D eigenvalue weighted by Gasteiger charge is 2.25. The maximum Gasteiger partial charge on any atom is 0.251 e. The van der Waals surface area contributed by atoms with Crippen LogP contribution in [0.5, 0.6) is 5.75 Å². The van der Waals surface area contributed by atoms with E-state index in [1.54, 1.807) is 40.3 Å². The lowest BCUT2D eigenvalue weighted by Gasteiger charge is -2.25. The van der Waals surface area contributed by atoms with Crippen molar-refractivity contribution in [2.45, 2.75) is 41.7 Å². The molecule has 1 amide bonds. The molecular formula is C28H32N2O4S2. The molecule has 1 saturated heterocycles. The number of rotatable bonds is 10. The van der Waals surface area contributed by atoms with Crippen LogP contribution in [0.25, 0.3) is 0 Å². The summed E-state index contributed by atoms with van der Waals surface area (Å²) in [7, 11) is -3.45. The number of carbonyl (C=O) groups excluding carboxylic acids is 1. The van der Waals surface area contributed by atoms with Gasteiger partial charge in [-0.25, -0.2) is 8.42 Å². The molecule has 1 aliphatic heterocycles. The second-order valence-corrected chi connectivity index (χ2v) is 11.8. The minimum Gasteiger partial charge on any atom is -0.492 e. The number of ether oxygens (including phenoxy) is 1. The molecule has 0 spiro atoms. The Balaban J connectivity index is 1.19. The molecule has 0 unspecified atom stereocenters. The van der Waals surface area contributed by atoms with Crippen molar-refractivity contribution >= 4 is 27.7 Å². The van der Waals surface area contributed by atoms with Gasteiger partial charge in [-0.15, -0.1) is 11.8 Å². The van der Waals surface area contributed by atoms with Crippen molar-refractivity contribution in [1.29, 1.82) is 0 Å². The third-order valence-corrected chi connectivity index (χ3v) is 9.07. The number of hydrogen-bond acceptors (Lipinski definition) is 5. The van der Waals surface area contributed by atoms with E-state index in [1.807, 2.05) is 24.3 Å². The van der Waals surface area contributed by atoms with Crippen LogP contribution < -0.4 is 10.1 Å². The summed E-state index contributed by atoms with van der Waals surface area (Å²) in [4.78, 5) is 13.9. The van der Waals surface area contributed by atoms with Crippen molar-refractivity contribution in [1.82, 2.24) is 9.62 Å². The van der Waals surface area contributed by atoms with Crippen molar-refractivity contribution in [2.24, 2.45) is 0 Å². The van der Waals surface area contributed by atoms with Crippen LogP contribution in [0.15, 0.2) is 82.6 Å². The number of thioether (sulfide) groups is 1. The van der Waals surface area contributed by atoms with E-state index in [2.05, 4.69) is 36.5 Å². The lowest BCUT2D eigenvalue weighted by Crippen LogP contribution is -2.35. The SMILES string of the molecule is Cc1ccc(SCc2ccc(C(=O)NCCOc3ccc(S(=O)(=O)N4CCCCC4)cc3)cc2)cc1. The minimum absolute atomic E-state index is 0.153. The van der Waals surface area contributed by atoms with Gasteiger partial charge in [0.05, 0.1) is 11.4 Å². The summed E-state index contributed by atoms with van der Waals surface area (Å²) in [5.41, 5.74) is 3.01. The van der Waals surface area contributed by atoms with E-state index >= 15 is 0 Å². The van der Waals surface area contributed by atoms with Crippen LogP contribution in [0.4, 0.5) is 0 Å². The van der Waals surface area contributed by atoms with Gasteiger partial charge >= 0.3 is 0 Å². The second kappa shape index (κ2) is 12.4. The molecule has 0 aromatic heterocycles. The zero-order chi connectivity index (χ0) is 25.4. The predicted molar refractivity (Wildman–Crippen MR) is 144 cm³/mol. The number of hydrogen-bond donors (Lipinski definition) is 1. The van der Waals surface area contributed by atoms with Crippen molar-refractivity contribution in [3.63, 3.8) is 0 Å². The lowest BCUT2D eigenvalue weighted by atomic mass is 10.1. The topological polar surface area (TPSA) is 75.7 Å². The summed E-state index contributed by atoms with van der Waals surface area (Å²) < 4.78 is 32.7. The maximum absolute atomic E-state index is 12.7. The quantitative estimate of drug-likeness (QED) is 0.289. The molecule has 6 nitrogen and oxygen atoms in total. The zero-order valence-corrected chi connectivity index (χ0v) is 22.1. The molecule has 1 N–H and O–H groups in total. The second-order valence-electron chi connectivity index (χ2n) is 8.84. The summed E-state index contributed by atoms with van der Waals surface area (Å²) >= 11 is 1.77. The fraction of sp³-hybridized carbons (Fsp3) is 0.321. The third-order valence-electron chi connectivity index (χ3n) is 6.08. The van der Waals surface area contributed by atoms with Crippen molar-refractivity contribution in [3.8, 4) is 5.75 Å². The molecule has 1 fully saturated rings. The largest absolute Gasteiger partial charge is 0.492 e. The summed E-state index contributed by atoms with van der Waals surface area (Å²) in [6.45, 7) is 3.87. The van der Waals surface area contributed by atoms with Crippen LogP contribution in [0.1, 0.15) is 40.7 Å². The van der Waals surface area contributed by atoms with Crippen LogP contribution in [-0.2, 0) is 15.8 Å².